The molecule has 0 N–H and O–H groups in total. The van der Waals surface area contributed by atoms with Crippen LogP contribution in [0.4, 0.5) is 0 Å². The Morgan fingerprint density at radius 2 is 2.33 bits per heavy atom. The van der Waals surface area contributed by atoms with Crippen LogP contribution in [0.5, 0.6) is 0 Å². The van der Waals surface area contributed by atoms with Crippen LogP contribution in [-0.4, -0.2) is 39.9 Å². The van der Waals surface area contributed by atoms with Gasteiger partial charge in [-0.05, 0) is 26.0 Å². The first kappa shape index (κ1) is 12.2. The van der Waals surface area contributed by atoms with E-state index in [4.69, 9.17) is 4.74 Å². The molecule has 0 aliphatic heterocycles. The topological polar surface area (TPSA) is 68.8 Å². The lowest BCUT2D eigenvalue weighted by Gasteiger charge is -2.01. The Morgan fingerprint density at radius 1 is 1.50 bits per heavy atom. The zero-order valence-electron chi connectivity index (χ0n) is 10.3. The molecule has 2 heterocycles. The van der Waals surface area contributed by atoms with Crippen molar-refractivity contribution >= 4 is 17.8 Å². The van der Waals surface area contributed by atoms with Crippen molar-refractivity contribution in [3.63, 3.8) is 0 Å². The number of aliphatic imine (C=N–C) groups is 1. The third kappa shape index (κ3) is 2.37. The number of hydrogen-bond donors (Lipinski definition) is 0. The molecule has 0 radical (unpaired) electrons. The van der Waals surface area contributed by atoms with Crippen molar-refractivity contribution in [2.75, 3.05) is 13.2 Å². The summed E-state index contributed by atoms with van der Waals surface area (Å²) in [5.74, 6) is -0.429. The van der Waals surface area contributed by atoms with Crippen LogP contribution >= 0.6 is 0 Å². The smallest absolute Gasteiger partial charge is 0.358 e. The van der Waals surface area contributed by atoms with Crippen molar-refractivity contribution in [3.8, 4) is 0 Å². The molecule has 2 aromatic rings. The highest BCUT2D eigenvalue weighted by Crippen LogP contribution is 2.06. The number of carbonyl (C=O) groups is 1. The highest BCUT2D eigenvalue weighted by Gasteiger charge is 2.13. The SMILES string of the molecule is CCN=Cc1ccc2ncc(C(=O)OCC)n2n1. The molecule has 2 aromatic heterocycles. The van der Waals surface area contributed by atoms with Gasteiger partial charge in [0.05, 0.1) is 12.8 Å². The van der Waals surface area contributed by atoms with Crippen molar-refractivity contribution in [3.05, 3.63) is 29.7 Å². The number of carbonyl (C=O) groups excluding carboxylic acids is 1. The van der Waals surface area contributed by atoms with E-state index in [0.717, 1.165) is 0 Å². The zero-order chi connectivity index (χ0) is 13.0. The van der Waals surface area contributed by atoms with Crippen molar-refractivity contribution in [2.45, 2.75) is 13.8 Å². The van der Waals surface area contributed by atoms with Gasteiger partial charge in [0.25, 0.3) is 0 Å². The Hall–Kier alpha value is -2.24. The average Bonchev–Trinajstić information content (AvgIpc) is 2.79. The molecule has 0 saturated carbocycles. The normalized spacial score (nSPS) is 11.2. The van der Waals surface area contributed by atoms with Gasteiger partial charge in [0.15, 0.2) is 11.3 Å². The molecule has 94 valence electrons. The summed E-state index contributed by atoms with van der Waals surface area (Å²) >= 11 is 0. The minimum Gasteiger partial charge on any atom is -0.461 e. The van der Waals surface area contributed by atoms with E-state index in [1.54, 1.807) is 25.3 Å². The standard InChI is InChI=1S/C12H14N4O2/c1-3-13-7-9-5-6-11-14-8-10(16(11)15-9)12(17)18-4-2/h5-8H,3-4H2,1-2H3. The number of rotatable bonds is 4. The molecule has 0 saturated heterocycles. The molecule has 0 amide bonds. The highest BCUT2D eigenvalue weighted by molar-refractivity contribution is 5.88. The average molecular weight is 246 g/mol. The summed E-state index contributed by atoms with van der Waals surface area (Å²) in [6.07, 6.45) is 3.12. The molecule has 0 atom stereocenters. The summed E-state index contributed by atoms with van der Waals surface area (Å²) in [5.41, 5.74) is 1.60. The minimum atomic E-state index is -0.429. The number of fused-ring (bicyclic) bond motifs is 1. The number of ether oxygens (including phenoxy) is 1. The van der Waals surface area contributed by atoms with Crippen LogP contribution in [0, 0.1) is 0 Å². The highest BCUT2D eigenvalue weighted by atomic mass is 16.5. The predicted octanol–water partition coefficient (Wildman–Crippen LogP) is 1.34. The van der Waals surface area contributed by atoms with Gasteiger partial charge in [-0.1, -0.05) is 0 Å². The van der Waals surface area contributed by atoms with E-state index in [1.807, 2.05) is 6.92 Å². The van der Waals surface area contributed by atoms with Crippen molar-refractivity contribution in [2.24, 2.45) is 4.99 Å². The van der Waals surface area contributed by atoms with Gasteiger partial charge in [-0.3, -0.25) is 4.99 Å². The van der Waals surface area contributed by atoms with E-state index in [1.165, 1.54) is 10.7 Å². The molecule has 0 unspecified atom stereocenters. The lowest BCUT2D eigenvalue weighted by Crippen LogP contribution is -2.10. The molecule has 6 nitrogen and oxygen atoms in total. The second-order valence-corrected chi connectivity index (χ2v) is 3.52. The maximum atomic E-state index is 11.7. The fourth-order valence-electron chi connectivity index (χ4n) is 1.49. The zero-order valence-corrected chi connectivity index (χ0v) is 10.3. The van der Waals surface area contributed by atoms with Crippen LogP contribution in [0.25, 0.3) is 5.65 Å². The van der Waals surface area contributed by atoms with Gasteiger partial charge < -0.3 is 4.74 Å². The van der Waals surface area contributed by atoms with E-state index in [-0.39, 0.29) is 0 Å². The third-order valence-electron chi connectivity index (χ3n) is 2.27. The first-order chi connectivity index (χ1) is 8.76. The van der Waals surface area contributed by atoms with Gasteiger partial charge in [-0.25, -0.2) is 14.3 Å². The number of imidazole rings is 1. The molecule has 0 fully saturated rings. The molecule has 18 heavy (non-hydrogen) atoms. The lowest BCUT2D eigenvalue weighted by atomic mass is 10.4. The van der Waals surface area contributed by atoms with Crippen LogP contribution in [-0.2, 0) is 4.74 Å². The van der Waals surface area contributed by atoms with Gasteiger partial charge in [-0.15, -0.1) is 0 Å². The molecular formula is C12H14N4O2. The second kappa shape index (κ2) is 5.39. The van der Waals surface area contributed by atoms with E-state index >= 15 is 0 Å². The Bertz CT molecular complexity index is 589. The van der Waals surface area contributed by atoms with Crippen molar-refractivity contribution < 1.29 is 9.53 Å². The Morgan fingerprint density at radius 3 is 3.06 bits per heavy atom. The summed E-state index contributed by atoms with van der Waals surface area (Å²) in [7, 11) is 0. The fourth-order valence-corrected chi connectivity index (χ4v) is 1.49. The Balaban J connectivity index is 2.43. The number of esters is 1. The Kier molecular flexibility index (Phi) is 3.66. The maximum absolute atomic E-state index is 11.7. The van der Waals surface area contributed by atoms with E-state index < -0.39 is 5.97 Å². The molecule has 0 spiro atoms. The van der Waals surface area contributed by atoms with Crippen LogP contribution in [0.2, 0.25) is 0 Å². The largest absolute Gasteiger partial charge is 0.461 e. The summed E-state index contributed by atoms with van der Waals surface area (Å²) < 4.78 is 6.41. The van der Waals surface area contributed by atoms with Crippen LogP contribution in [0.15, 0.2) is 23.3 Å². The van der Waals surface area contributed by atoms with E-state index in [2.05, 4.69) is 15.1 Å². The fraction of sp³-hybridized carbons (Fsp3) is 0.333. The van der Waals surface area contributed by atoms with Crippen molar-refractivity contribution in [1.29, 1.82) is 0 Å². The lowest BCUT2D eigenvalue weighted by molar-refractivity contribution is 0.0516. The summed E-state index contributed by atoms with van der Waals surface area (Å²) in [6.45, 7) is 4.71. The van der Waals surface area contributed by atoms with Gasteiger partial charge in [0.1, 0.15) is 5.69 Å². The van der Waals surface area contributed by atoms with Crippen LogP contribution < -0.4 is 0 Å². The van der Waals surface area contributed by atoms with Crippen molar-refractivity contribution in [1.82, 2.24) is 14.6 Å². The van der Waals surface area contributed by atoms with Crippen LogP contribution in [0.3, 0.4) is 0 Å². The number of hydrogen-bond acceptors (Lipinski definition) is 5. The molecule has 0 bridgehead atoms. The van der Waals surface area contributed by atoms with E-state index in [0.29, 0.717) is 30.2 Å². The van der Waals surface area contributed by atoms with Gasteiger partial charge in [0.2, 0.25) is 0 Å². The molecule has 0 aliphatic carbocycles. The van der Waals surface area contributed by atoms with Gasteiger partial charge in [0, 0.05) is 12.8 Å². The number of nitrogens with zero attached hydrogens (tertiary/aromatic N) is 4. The second-order valence-electron chi connectivity index (χ2n) is 3.52. The molecular weight excluding hydrogens is 232 g/mol. The van der Waals surface area contributed by atoms with Crippen LogP contribution in [0.1, 0.15) is 30.0 Å². The summed E-state index contributed by atoms with van der Waals surface area (Å²) in [6, 6.07) is 3.59. The molecule has 2 rings (SSSR count). The summed E-state index contributed by atoms with van der Waals surface area (Å²) in [4.78, 5) is 19.9. The Labute approximate surface area is 104 Å². The van der Waals surface area contributed by atoms with Gasteiger partial charge >= 0.3 is 5.97 Å². The molecule has 0 aliphatic rings. The number of aromatic nitrogens is 3. The van der Waals surface area contributed by atoms with Gasteiger partial charge in [-0.2, -0.15) is 5.10 Å². The monoisotopic (exact) mass is 246 g/mol. The van der Waals surface area contributed by atoms with E-state index in [9.17, 15) is 4.79 Å². The predicted molar refractivity (Wildman–Crippen MR) is 67.1 cm³/mol. The quantitative estimate of drug-likeness (QED) is 0.603. The maximum Gasteiger partial charge on any atom is 0.358 e. The molecule has 0 aromatic carbocycles. The first-order valence-electron chi connectivity index (χ1n) is 5.78. The summed E-state index contributed by atoms with van der Waals surface area (Å²) in [5, 5.41) is 4.28. The first-order valence-corrected chi connectivity index (χ1v) is 5.78. The minimum absolute atomic E-state index is 0.318. The third-order valence-corrected chi connectivity index (χ3v) is 2.27. The molecule has 6 heteroatoms.